The Kier molecular flexibility index (Phi) is 6.19. The molecule has 0 aromatic heterocycles. The van der Waals surface area contributed by atoms with Gasteiger partial charge in [0.25, 0.3) is 5.91 Å². The molecule has 3 aromatic carbocycles. The molecule has 4 nitrogen and oxygen atoms in total. The Morgan fingerprint density at radius 2 is 1.41 bits per heavy atom. The highest BCUT2D eigenvalue weighted by Gasteiger charge is 2.28. The van der Waals surface area contributed by atoms with Crippen molar-refractivity contribution in [1.82, 2.24) is 9.80 Å². The summed E-state index contributed by atoms with van der Waals surface area (Å²) in [5, 5.41) is 0.835. The zero-order valence-corrected chi connectivity index (χ0v) is 18.7. The van der Waals surface area contributed by atoms with Gasteiger partial charge in [0, 0.05) is 32.7 Å². The van der Waals surface area contributed by atoms with Crippen molar-refractivity contribution in [2.45, 2.75) is 6.54 Å². The zero-order chi connectivity index (χ0) is 21.8. The van der Waals surface area contributed by atoms with Crippen LogP contribution in [0.4, 0.5) is 0 Å². The second kappa shape index (κ2) is 9.55. The van der Waals surface area contributed by atoms with Gasteiger partial charge >= 0.3 is 0 Å². The first-order chi connectivity index (χ1) is 15.7. The van der Waals surface area contributed by atoms with E-state index in [1.54, 1.807) is 0 Å². The number of benzene rings is 3. The lowest BCUT2D eigenvalue weighted by molar-refractivity contribution is -0.113. The Bertz CT molecular complexity index is 1130. The van der Waals surface area contributed by atoms with Crippen molar-refractivity contribution in [3.05, 3.63) is 101 Å². The molecule has 0 aliphatic carbocycles. The van der Waals surface area contributed by atoms with Gasteiger partial charge in [0.05, 0.1) is 4.91 Å². The van der Waals surface area contributed by atoms with Crippen LogP contribution in [0.5, 0.6) is 0 Å². The van der Waals surface area contributed by atoms with Crippen LogP contribution in [-0.2, 0) is 11.3 Å². The van der Waals surface area contributed by atoms with E-state index < -0.39 is 0 Å². The summed E-state index contributed by atoms with van der Waals surface area (Å²) in [4.78, 5) is 22.2. The molecule has 1 amide bonds. The molecule has 1 fully saturated rings. The summed E-state index contributed by atoms with van der Waals surface area (Å²) in [6.07, 6.45) is 1.95. The van der Waals surface area contributed by atoms with Crippen molar-refractivity contribution in [3.63, 3.8) is 0 Å². The highest BCUT2D eigenvalue weighted by atomic mass is 32.2. The summed E-state index contributed by atoms with van der Waals surface area (Å²) in [5.41, 5.74) is 4.72. The fourth-order valence-electron chi connectivity index (χ4n) is 4.03. The maximum Gasteiger partial charge on any atom is 0.286 e. The Morgan fingerprint density at radius 3 is 2.09 bits per heavy atom. The number of carbonyl (C=O) groups excluding carboxylic acids is 1. The third-order valence-electron chi connectivity index (χ3n) is 5.82. The van der Waals surface area contributed by atoms with Gasteiger partial charge in [-0.15, -0.1) is 0 Å². The minimum atomic E-state index is -0.135. The van der Waals surface area contributed by atoms with E-state index in [0.717, 1.165) is 43.5 Å². The molecule has 2 heterocycles. The van der Waals surface area contributed by atoms with Crippen LogP contribution in [0.1, 0.15) is 11.1 Å². The summed E-state index contributed by atoms with van der Waals surface area (Å²) >= 11 is 1.49. The average molecular weight is 440 g/mol. The second-order valence-electron chi connectivity index (χ2n) is 8.05. The standard InChI is InChI=1S/C27H25N3OS/c31-26-25(19-21-11-13-24(14-12-21)23-9-5-2-6-10-23)32-27(28-26)30-17-15-29(16-18-30)20-22-7-3-1-4-8-22/h1-14,19H,15-18,20H2. The predicted octanol–water partition coefficient (Wildman–Crippen LogP) is 5.14. The van der Waals surface area contributed by atoms with E-state index in [1.165, 1.54) is 28.5 Å². The molecule has 0 spiro atoms. The van der Waals surface area contributed by atoms with Crippen LogP contribution in [0, 0.1) is 0 Å². The van der Waals surface area contributed by atoms with E-state index in [4.69, 9.17) is 0 Å². The van der Waals surface area contributed by atoms with Crippen molar-refractivity contribution in [2.75, 3.05) is 26.2 Å². The normalized spacial score (nSPS) is 18.2. The maximum absolute atomic E-state index is 12.5. The van der Waals surface area contributed by atoms with Crippen LogP contribution in [0.2, 0.25) is 0 Å². The Morgan fingerprint density at radius 1 is 0.781 bits per heavy atom. The molecule has 1 saturated heterocycles. The maximum atomic E-state index is 12.5. The van der Waals surface area contributed by atoms with Crippen molar-refractivity contribution in [2.24, 2.45) is 4.99 Å². The molecule has 5 rings (SSSR count). The number of hydrogen-bond acceptors (Lipinski definition) is 4. The van der Waals surface area contributed by atoms with Gasteiger partial charge in [0.15, 0.2) is 5.17 Å². The molecular formula is C27H25N3OS. The summed E-state index contributed by atoms with van der Waals surface area (Å²) in [7, 11) is 0. The summed E-state index contributed by atoms with van der Waals surface area (Å²) < 4.78 is 0. The second-order valence-corrected chi connectivity index (χ2v) is 9.06. The number of amides is 1. The number of aliphatic imine (C=N–C) groups is 1. The number of nitrogens with zero attached hydrogens (tertiary/aromatic N) is 3. The number of piperazine rings is 1. The third-order valence-corrected chi connectivity index (χ3v) is 6.86. The number of amidine groups is 1. The fourth-order valence-corrected chi connectivity index (χ4v) is 4.99. The highest BCUT2D eigenvalue weighted by Crippen LogP contribution is 2.31. The van der Waals surface area contributed by atoms with Crippen LogP contribution in [0.3, 0.4) is 0 Å². The van der Waals surface area contributed by atoms with Crippen molar-refractivity contribution in [3.8, 4) is 11.1 Å². The number of thioether (sulfide) groups is 1. The van der Waals surface area contributed by atoms with Gasteiger partial charge in [-0.1, -0.05) is 84.9 Å². The summed E-state index contributed by atoms with van der Waals surface area (Å²) in [5.74, 6) is -0.135. The minimum absolute atomic E-state index is 0.135. The molecule has 0 atom stereocenters. The average Bonchev–Trinajstić information content (AvgIpc) is 3.21. The van der Waals surface area contributed by atoms with E-state index in [2.05, 4.69) is 81.5 Å². The third kappa shape index (κ3) is 4.85. The SMILES string of the molecule is O=C1N=C(N2CCN(Cc3ccccc3)CC2)SC1=Cc1ccc(-c2ccccc2)cc1. The van der Waals surface area contributed by atoms with Crippen LogP contribution < -0.4 is 0 Å². The molecule has 0 N–H and O–H groups in total. The lowest BCUT2D eigenvalue weighted by atomic mass is 10.0. The van der Waals surface area contributed by atoms with Gasteiger partial charge in [-0.2, -0.15) is 4.99 Å². The first kappa shape index (κ1) is 20.7. The molecule has 32 heavy (non-hydrogen) atoms. The van der Waals surface area contributed by atoms with Crippen LogP contribution in [0.15, 0.2) is 94.8 Å². The molecular weight excluding hydrogens is 414 g/mol. The Balaban J connectivity index is 1.19. The van der Waals surface area contributed by atoms with E-state index in [-0.39, 0.29) is 5.91 Å². The van der Waals surface area contributed by atoms with Gasteiger partial charge in [-0.25, -0.2) is 0 Å². The molecule has 5 heteroatoms. The molecule has 0 bridgehead atoms. The van der Waals surface area contributed by atoms with E-state index in [9.17, 15) is 4.79 Å². The first-order valence-corrected chi connectivity index (χ1v) is 11.8. The summed E-state index contributed by atoms with van der Waals surface area (Å²) in [6.45, 7) is 4.71. The Hall–Kier alpha value is -3.15. The molecule has 160 valence electrons. The van der Waals surface area contributed by atoms with Crippen LogP contribution in [-0.4, -0.2) is 47.1 Å². The monoisotopic (exact) mass is 439 g/mol. The predicted molar refractivity (Wildman–Crippen MR) is 133 cm³/mol. The minimum Gasteiger partial charge on any atom is -0.348 e. The van der Waals surface area contributed by atoms with Crippen LogP contribution >= 0.6 is 11.8 Å². The highest BCUT2D eigenvalue weighted by molar-refractivity contribution is 8.18. The van der Waals surface area contributed by atoms with Crippen molar-refractivity contribution < 1.29 is 4.79 Å². The topological polar surface area (TPSA) is 35.9 Å². The van der Waals surface area contributed by atoms with Crippen molar-refractivity contribution in [1.29, 1.82) is 0 Å². The van der Waals surface area contributed by atoms with Crippen LogP contribution in [0.25, 0.3) is 17.2 Å². The molecule has 2 aliphatic heterocycles. The summed E-state index contributed by atoms with van der Waals surface area (Å²) in [6, 6.07) is 29.2. The Labute approximate surface area is 193 Å². The number of carbonyl (C=O) groups is 1. The van der Waals surface area contributed by atoms with Crippen molar-refractivity contribution >= 4 is 28.9 Å². The zero-order valence-electron chi connectivity index (χ0n) is 17.9. The lowest BCUT2D eigenvalue weighted by Crippen LogP contribution is -2.47. The fraction of sp³-hybridized carbons (Fsp3) is 0.185. The molecule has 3 aromatic rings. The van der Waals surface area contributed by atoms with E-state index in [1.807, 2.05) is 24.3 Å². The quantitative estimate of drug-likeness (QED) is 0.527. The van der Waals surface area contributed by atoms with Gasteiger partial charge in [0.1, 0.15) is 0 Å². The van der Waals surface area contributed by atoms with E-state index in [0.29, 0.717) is 4.91 Å². The largest absolute Gasteiger partial charge is 0.348 e. The first-order valence-electron chi connectivity index (χ1n) is 10.9. The molecule has 2 aliphatic rings. The lowest BCUT2D eigenvalue weighted by Gasteiger charge is -2.35. The molecule has 0 unspecified atom stereocenters. The van der Waals surface area contributed by atoms with Gasteiger partial charge in [-0.3, -0.25) is 9.69 Å². The molecule has 0 saturated carbocycles. The number of rotatable bonds is 4. The molecule has 0 radical (unpaired) electrons. The van der Waals surface area contributed by atoms with Gasteiger partial charge in [-0.05, 0) is 40.1 Å². The van der Waals surface area contributed by atoms with Gasteiger partial charge < -0.3 is 4.90 Å². The smallest absolute Gasteiger partial charge is 0.286 e. The van der Waals surface area contributed by atoms with E-state index >= 15 is 0 Å². The van der Waals surface area contributed by atoms with Gasteiger partial charge in [0.2, 0.25) is 0 Å². The number of hydrogen-bond donors (Lipinski definition) is 0.